The summed E-state index contributed by atoms with van der Waals surface area (Å²) in [4.78, 5) is 4.18. The van der Waals surface area contributed by atoms with E-state index < -0.39 is 11.7 Å². The molecule has 0 aliphatic heterocycles. The van der Waals surface area contributed by atoms with Gasteiger partial charge in [0, 0.05) is 22.7 Å². The van der Waals surface area contributed by atoms with Gasteiger partial charge >= 0.3 is 6.18 Å². The number of pyridine rings is 1. The maximum absolute atomic E-state index is 13.4. The minimum absolute atomic E-state index is 0.0173. The van der Waals surface area contributed by atoms with Crippen molar-refractivity contribution in [1.82, 2.24) is 4.98 Å². The van der Waals surface area contributed by atoms with Crippen LogP contribution in [0.3, 0.4) is 0 Å². The predicted molar refractivity (Wildman–Crippen MR) is 85.9 cm³/mol. The number of benzene rings is 1. The second-order valence-corrected chi connectivity index (χ2v) is 6.78. The van der Waals surface area contributed by atoms with Crippen molar-refractivity contribution < 1.29 is 17.9 Å². The number of ether oxygens (including phenoxy) is 1. The third-order valence-corrected chi connectivity index (χ3v) is 2.97. The molecule has 2 rings (SSSR count). The van der Waals surface area contributed by atoms with Gasteiger partial charge in [0.25, 0.3) is 0 Å². The van der Waals surface area contributed by atoms with Crippen molar-refractivity contribution in [3.05, 3.63) is 29.8 Å². The van der Waals surface area contributed by atoms with Gasteiger partial charge in [-0.15, -0.1) is 0 Å². The monoisotopic (exact) mass is 326 g/mol. The fraction of sp³-hybridized carbons (Fsp3) is 0.471. The maximum Gasteiger partial charge on any atom is 0.417 e. The SMILES string of the molecule is CC(C)Oc1cc(C(F)(F)F)c2cc(NC(C)(C)C)ccc2n1. The summed E-state index contributed by atoms with van der Waals surface area (Å²) >= 11 is 0. The summed E-state index contributed by atoms with van der Waals surface area (Å²) in [5.41, 5.74) is -0.110. The Morgan fingerprint density at radius 3 is 2.26 bits per heavy atom. The Hall–Kier alpha value is -1.98. The largest absolute Gasteiger partial charge is 0.475 e. The van der Waals surface area contributed by atoms with Gasteiger partial charge in [0.05, 0.1) is 17.2 Å². The zero-order valence-corrected chi connectivity index (χ0v) is 13.9. The Labute approximate surface area is 133 Å². The van der Waals surface area contributed by atoms with E-state index in [1.54, 1.807) is 26.0 Å². The minimum Gasteiger partial charge on any atom is -0.475 e. The Morgan fingerprint density at radius 2 is 1.74 bits per heavy atom. The summed E-state index contributed by atoms with van der Waals surface area (Å²) in [7, 11) is 0. The fourth-order valence-corrected chi connectivity index (χ4v) is 2.25. The first-order chi connectivity index (χ1) is 10.5. The normalized spacial score (nSPS) is 12.7. The summed E-state index contributed by atoms with van der Waals surface area (Å²) in [6.07, 6.45) is -4.72. The Bertz CT molecular complexity index is 703. The van der Waals surface area contributed by atoms with Crippen molar-refractivity contribution in [3.63, 3.8) is 0 Å². The van der Waals surface area contributed by atoms with E-state index in [0.29, 0.717) is 5.69 Å². The highest BCUT2D eigenvalue weighted by Gasteiger charge is 2.34. The van der Waals surface area contributed by atoms with Gasteiger partial charge in [-0.2, -0.15) is 13.2 Å². The molecule has 0 spiro atoms. The van der Waals surface area contributed by atoms with Crippen molar-refractivity contribution >= 4 is 16.6 Å². The standard InChI is InChI=1S/C17H21F3N2O/c1-10(2)23-15-9-13(17(18,19)20)12-8-11(22-16(3,4)5)6-7-14(12)21-15/h6-10,22H,1-5H3. The molecular formula is C17H21F3N2O. The van der Waals surface area contributed by atoms with Crippen LogP contribution in [0.15, 0.2) is 24.3 Å². The number of hydrogen-bond donors (Lipinski definition) is 1. The summed E-state index contributed by atoms with van der Waals surface area (Å²) in [6, 6.07) is 5.74. The van der Waals surface area contributed by atoms with Crippen molar-refractivity contribution in [2.24, 2.45) is 0 Å². The molecule has 2 aromatic rings. The van der Waals surface area contributed by atoms with Crippen LogP contribution in [0.5, 0.6) is 5.88 Å². The molecule has 1 aromatic carbocycles. The first-order valence-corrected chi connectivity index (χ1v) is 7.42. The zero-order chi connectivity index (χ0) is 17.4. The molecular weight excluding hydrogens is 305 g/mol. The van der Waals surface area contributed by atoms with E-state index in [9.17, 15) is 13.2 Å². The molecule has 0 amide bonds. The number of alkyl halides is 3. The number of nitrogens with zero attached hydrogens (tertiary/aromatic N) is 1. The molecule has 23 heavy (non-hydrogen) atoms. The van der Waals surface area contributed by atoms with Crippen LogP contribution in [0, 0.1) is 0 Å². The molecule has 0 atom stereocenters. The first-order valence-electron chi connectivity index (χ1n) is 7.42. The topological polar surface area (TPSA) is 34.1 Å². The van der Waals surface area contributed by atoms with Crippen molar-refractivity contribution in [1.29, 1.82) is 0 Å². The molecule has 126 valence electrons. The van der Waals surface area contributed by atoms with Gasteiger partial charge in [-0.25, -0.2) is 4.98 Å². The van der Waals surface area contributed by atoms with E-state index in [4.69, 9.17) is 4.74 Å². The number of anilines is 1. The Morgan fingerprint density at radius 1 is 1.09 bits per heavy atom. The summed E-state index contributed by atoms with van der Waals surface area (Å²) in [6.45, 7) is 9.32. The van der Waals surface area contributed by atoms with Gasteiger partial charge in [-0.1, -0.05) is 0 Å². The Balaban J connectivity index is 2.60. The molecule has 0 fully saturated rings. The number of nitrogens with one attached hydrogen (secondary N) is 1. The third kappa shape index (κ3) is 4.50. The molecule has 0 aliphatic carbocycles. The van der Waals surface area contributed by atoms with Gasteiger partial charge in [-0.3, -0.25) is 0 Å². The number of hydrogen-bond acceptors (Lipinski definition) is 3. The number of rotatable bonds is 3. The van der Waals surface area contributed by atoms with E-state index in [1.807, 2.05) is 20.8 Å². The number of halogens is 3. The van der Waals surface area contributed by atoms with Crippen LogP contribution in [-0.4, -0.2) is 16.6 Å². The smallest absolute Gasteiger partial charge is 0.417 e. The van der Waals surface area contributed by atoms with E-state index in [-0.39, 0.29) is 28.4 Å². The molecule has 0 saturated heterocycles. The predicted octanol–water partition coefficient (Wildman–Crippen LogP) is 5.25. The fourth-order valence-electron chi connectivity index (χ4n) is 2.25. The second kappa shape index (κ2) is 5.91. The van der Waals surface area contributed by atoms with E-state index in [1.165, 1.54) is 6.07 Å². The van der Waals surface area contributed by atoms with Crippen LogP contribution in [0.2, 0.25) is 0 Å². The average Bonchev–Trinajstić information content (AvgIpc) is 2.34. The lowest BCUT2D eigenvalue weighted by Gasteiger charge is -2.23. The first kappa shape index (κ1) is 17.4. The quantitative estimate of drug-likeness (QED) is 0.836. The third-order valence-electron chi connectivity index (χ3n) is 2.97. The minimum atomic E-state index is -4.48. The summed E-state index contributed by atoms with van der Waals surface area (Å²) in [5, 5.41) is 3.23. The summed E-state index contributed by atoms with van der Waals surface area (Å²) < 4.78 is 45.5. The highest BCUT2D eigenvalue weighted by molar-refractivity contribution is 5.86. The van der Waals surface area contributed by atoms with Crippen LogP contribution < -0.4 is 10.1 Å². The molecule has 0 bridgehead atoms. The Kier molecular flexibility index (Phi) is 4.46. The van der Waals surface area contributed by atoms with Crippen molar-refractivity contribution in [2.75, 3.05) is 5.32 Å². The molecule has 3 nitrogen and oxygen atoms in total. The number of aromatic nitrogens is 1. The molecule has 0 saturated carbocycles. The lowest BCUT2D eigenvalue weighted by molar-refractivity contribution is -0.136. The molecule has 6 heteroatoms. The van der Waals surface area contributed by atoms with Crippen LogP contribution in [0.1, 0.15) is 40.2 Å². The highest BCUT2D eigenvalue weighted by Crippen LogP contribution is 2.37. The molecule has 0 aliphatic rings. The van der Waals surface area contributed by atoms with E-state index in [2.05, 4.69) is 10.3 Å². The highest BCUT2D eigenvalue weighted by atomic mass is 19.4. The molecule has 0 radical (unpaired) electrons. The molecule has 0 unspecified atom stereocenters. The van der Waals surface area contributed by atoms with E-state index in [0.717, 1.165) is 6.07 Å². The van der Waals surface area contributed by atoms with Gasteiger partial charge in [0.1, 0.15) is 0 Å². The zero-order valence-electron chi connectivity index (χ0n) is 13.9. The van der Waals surface area contributed by atoms with Gasteiger partial charge < -0.3 is 10.1 Å². The van der Waals surface area contributed by atoms with Crippen LogP contribution >= 0.6 is 0 Å². The van der Waals surface area contributed by atoms with Crippen molar-refractivity contribution in [2.45, 2.75) is 52.4 Å². The van der Waals surface area contributed by atoms with Crippen molar-refractivity contribution in [3.8, 4) is 5.88 Å². The average molecular weight is 326 g/mol. The maximum atomic E-state index is 13.4. The van der Waals surface area contributed by atoms with Gasteiger partial charge in [0.2, 0.25) is 5.88 Å². The molecule has 1 heterocycles. The van der Waals surface area contributed by atoms with Crippen LogP contribution in [-0.2, 0) is 6.18 Å². The van der Waals surface area contributed by atoms with E-state index >= 15 is 0 Å². The summed E-state index contributed by atoms with van der Waals surface area (Å²) in [5.74, 6) is -0.0173. The molecule has 1 aromatic heterocycles. The number of fused-ring (bicyclic) bond motifs is 1. The second-order valence-electron chi connectivity index (χ2n) is 6.78. The molecule has 1 N–H and O–H groups in total. The van der Waals surface area contributed by atoms with Crippen LogP contribution in [0.25, 0.3) is 10.9 Å². The van der Waals surface area contributed by atoms with Gasteiger partial charge in [0.15, 0.2) is 0 Å². The van der Waals surface area contributed by atoms with Crippen LogP contribution in [0.4, 0.5) is 18.9 Å². The van der Waals surface area contributed by atoms with Gasteiger partial charge in [-0.05, 0) is 52.8 Å². The lowest BCUT2D eigenvalue weighted by atomic mass is 10.1. The lowest BCUT2D eigenvalue weighted by Crippen LogP contribution is -2.26.